The molecule has 0 spiro atoms. The predicted octanol–water partition coefficient (Wildman–Crippen LogP) is 4.79. The van der Waals surface area contributed by atoms with Gasteiger partial charge >= 0.3 is 5.97 Å². The Morgan fingerprint density at radius 3 is 2.71 bits per heavy atom. The Kier molecular flexibility index (Phi) is 5.57. The van der Waals surface area contributed by atoms with Crippen LogP contribution in [-0.4, -0.2) is 22.9 Å². The van der Waals surface area contributed by atoms with Gasteiger partial charge in [0.05, 0.1) is 9.95 Å². The summed E-state index contributed by atoms with van der Waals surface area (Å²) in [5.74, 6) is -2.06. The van der Waals surface area contributed by atoms with Crippen LogP contribution in [0.25, 0.3) is 10.1 Å². The van der Waals surface area contributed by atoms with Crippen LogP contribution in [0, 0.1) is 15.9 Å². The molecule has 28 heavy (non-hydrogen) atoms. The summed E-state index contributed by atoms with van der Waals surface area (Å²) in [6.45, 7) is 1.32. The molecule has 0 saturated carbocycles. The molecule has 1 N–H and O–H groups in total. The smallest absolute Gasteiger partial charge is 0.350 e. The summed E-state index contributed by atoms with van der Waals surface area (Å²) in [5.41, 5.74) is -0.306. The van der Waals surface area contributed by atoms with Gasteiger partial charge in [-0.25, -0.2) is 9.18 Å². The lowest BCUT2D eigenvalue weighted by Gasteiger charge is -2.13. The molecule has 0 aliphatic rings. The van der Waals surface area contributed by atoms with Crippen LogP contribution in [0.4, 0.5) is 15.8 Å². The Bertz CT molecular complexity index is 1100. The molecule has 1 amide bonds. The zero-order valence-corrected chi connectivity index (χ0v) is 15.8. The van der Waals surface area contributed by atoms with Gasteiger partial charge in [-0.1, -0.05) is 23.7 Å². The van der Waals surface area contributed by atoms with Crippen molar-refractivity contribution in [3.8, 4) is 0 Å². The molecule has 0 bridgehead atoms. The summed E-state index contributed by atoms with van der Waals surface area (Å²) < 4.78 is 18.9. The third kappa shape index (κ3) is 3.95. The molecule has 1 atom stereocenters. The number of thiophene rings is 1. The van der Waals surface area contributed by atoms with Crippen LogP contribution in [0.1, 0.15) is 16.6 Å². The average Bonchev–Trinajstić information content (AvgIpc) is 2.97. The lowest BCUT2D eigenvalue weighted by molar-refractivity contribution is -0.383. The average molecular weight is 423 g/mol. The van der Waals surface area contributed by atoms with Crippen molar-refractivity contribution in [2.24, 2.45) is 0 Å². The fourth-order valence-corrected chi connectivity index (χ4v) is 3.83. The molecule has 1 heterocycles. The number of fused-ring (bicyclic) bond motifs is 1. The maximum Gasteiger partial charge on any atom is 0.350 e. The number of rotatable bonds is 5. The Morgan fingerprint density at radius 2 is 2.00 bits per heavy atom. The van der Waals surface area contributed by atoms with E-state index in [1.165, 1.54) is 49.4 Å². The number of esters is 1. The molecule has 10 heteroatoms. The fraction of sp³-hybridized carbons (Fsp3) is 0.111. The number of nitro groups is 1. The first-order valence-corrected chi connectivity index (χ1v) is 9.10. The number of hydrogen-bond acceptors (Lipinski definition) is 6. The minimum atomic E-state index is -1.25. The number of carbonyl (C=O) groups excluding carboxylic acids is 2. The van der Waals surface area contributed by atoms with Gasteiger partial charge in [0.1, 0.15) is 16.4 Å². The van der Waals surface area contributed by atoms with Crippen LogP contribution >= 0.6 is 22.9 Å². The highest BCUT2D eigenvalue weighted by molar-refractivity contribution is 7.21. The van der Waals surface area contributed by atoms with Crippen molar-refractivity contribution in [3.05, 3.63) is 68.3 Å². The zero-order valence-electron chi connectivity index (χ0n) is 14.3. The minimum absolute atomic E-state index is 0.0178. The normalized spacial score (nSPS) is 11.8. The molecule has 0 radical (unpaired) electrons. The van der Waals surface area contributed by atoms with Crippen LogP contribution in [0.3, 0.4) is 0 Å². The standard InChI is InChI=1S/C18H12ClFN2O5S/c1-9(17(23)21-12-4-2-3-5-13(12)22(25)26)27-18(24)16-15(19)11-7-6-10(20)8-14(11)28-16/h2-9H,1H3,(H,21,23). The van der Waals surface area contributed by atoms with E-state index in [-0.39, 0.29) is 21.3 Å². The first-order valence-electron chi connectivity index (χ1n) is 7.90. The monoisotopic (exact) mass is 422 g/mol. The summed E-state index contributed by atoms with van der Waals surface area (Å²) >= 11 is 7.11. The molecular formula is C18H12ClFN2O5S. The summed E-state index contributed by atoms with van der Waals surface area (Å²) in [6, 6.07) is 9.50. The predicted molar refractivity (Wildman–Crippen MR) is 103 cm³/mol. The van der Waals surface area contributed by atoms with Crippen LogP contribution in [0.15, 0.2) is 42.5 Å². The summed E-state index contributed by atoms with van der Waals surface area (Å²) in [4.78, 5) is 35.1. The van der Waals surface area contributed by atoms with Crippen molar-refractivity contribution < 1.29 is 23.6 Å². The number of benzene rings is 2. The number of ether oxygens (including phenoxy) is 1. The summed E-state index contributed by atoms with van der Waals surface area (Å²) in [6.07, 6.45) is -1.25. The molecule has 0 aliphatic carbocycles. The highest BCUT2D eigenvalue weighted by atomic mass is 35.5. The van der Waals surface area contributed by atoms with E-state index in [2.05, 4.69) is 5.32 Å². The number of anilines is 1. The fourth-order valence-electron chi connectivity index (χ4n) is 2.41. The van der Waals surface area contributed by atoms with E-state index < -0.39 is 28.7 Å². The number of carbonyl (C=O) groups is 2. The second-order valence-corrected chi connectivity index (χ2v) is 7.13. The van der Waals surface area contributed by atoms with Gasteiger partial charge in [-0.15, -0.1) is 11.3 Å². The molecule has 0 fully saturated rings. The van der Waals surface area contributed by atoms with Crippen molar-refractivity contribution in [3.63, 3.8) is 0 Å². The summed E-state index contributed by atoms with van der Waals surface area (Å²) in [7, 11) is 0. The van der Waals surface area contributed by atoms with Crippen LogP contribution in [-0.2, 0) is 9.53 Å². The Morgan fingerprint density at radius 1 is 1.29 bits per heavy atom. The molecule has 3 aromatic rings. The van der Waals surface area contributed by atoms with Gasteiger partial charge in [0.2, 0.25) is 0 Å². The number of halogens is 2. The third-order valence-corrected chi connectivity index (χ3v) is 5.43. The van der Waals surface area contributed by atoms with Gasteiger partial charge < -0.3 is 10.1 Å². The third-order valence-electron chi connectivity index (χ3n) is 3.79. The van der Waals surface area contributed by atoms with Crippen molar-refractivity contribution in [1.29, 1.82) is 0 Å². The van der Waals surface area contributed by atoms with Gasteiger partial charge in [0.15, 0.2) is 6.10 Å². The van der Waals surface area contributed by atoms with Crippen molar-refractivity contribution in [2.45, 2.75) is 13.0 Å². The minimum Gasteiger partial charge on any atom is -0.448 e. The highest BCUT2D eigenvalue weighted by Gasteiger charge is 2.25. The van der Waals surface area contributed by atoms with Crippen molar-refractivity contribution in [1.82, 2.24) is 0 Å². The molecule has 3 rings (SSSR count). The van der Waals surface area contributed by atoms with Crippen LogP contribution < -0.4 is 5.32 Å². The maximum absolute atomic E-state index is 13.3. The van der Waals surface area contributed by atoms with E-state index in [0.29, 0.717) is 10.1 Å². The van der Waals surface area contributed by atoms with Crippen molar-refractivity contribution in [2.75, 3.05) is 5.32 Å². The quantitative estimate of drug-likeness (QED) is 0.362. The zero-order chi connectivity index (χ0) is 20.4. The van der Waals surface area contributed by atoms with Gasteiger partial charge in [-0.2, -0.15) is 0 Å². The second kappa shape index (κ2) is 7.91. The van der Waals surface area contributed by atoms with E-state index in [9.17, 15) is 24.1 Å². The maximum atomic E-state index is 13.3. The van der Waals surface area contributed by atoms with E-state index in [0.717, 1.165) is 11.3 Å². The molecule has 2 aromatic carbocycles. The molecule has 0 saturated heterocycles. The van der Waals surface area contributed by atoms with E-state index in [4.69, 9.17) is 16.3 Å². The number of nitrogens with one attached hydrogen (secondary N) is 1. The lowest BCUT2D eigenvalue weighted by Crippen LogP contribution is -2.30. The van der Waals surface area contributed by atoms with E-state index in [1.54, 1.807) is 0 Å². The number of hydrogen-bond donors (Lipinski definition) is 1. The SMILES string of the molecule is CC(OC(=O)c1sc2cc(F)ccc2c1Cl)C(=O)Nc1ccccc1[N+](=O)[O-]. The van der Waals surface area contributed by atoms with E-state index >= 15 is 0 Å². The molecular weight excluding hydrogens is 411 g/mol. The number of amides is 1. The van der Waals surface area contributed by atoms with Gasteiger partial charge in [0, 0.05) is 16.2 Å². The topological polar surface area (TPSA) is 98.5 Å². The molecule has 0 aliphatic heterocycles. The lowest BCUT2D eigenvalue weighted by atomic mass is 10.2. The largest absolute Gasteiger partial charge is 0.448 e. The van der Waals surface area contributed by atoms with Gasteiger partial charge in [0.25, 0.3) is 11.6 Å². The van der Waals surface area contributed by atoms with Gasteiger partial charge in [-0.05, 0) is 31.2 Å². The Labute approximate surface area is 166 Å². The second-order valence-electron chi connectivity index (χ2n) is 5.70. The Hall–Kier alpha value is -3.04. The van der Waals surface area contributed by atoms with E-state index in [1.807, 2.05) is 0 Å². The molecule has 1 unspecified atom stereocenters. The molecule has 144 valence electrons. The van der Waals surface area contributed by atoms with Crippen LogP contribution in [0.5, 0.6) is 0 Å². The number of nitrogens with zero attached hydrogens (tertiary/aromatic N) is 1. The Balaban J connectivity index is 1.75. The molecule has 1 aromatic heterocycles. The molecule has 7 nitrogen and oxygen atoms in total. The number of para-hydroxylation sites is 2. The first-order chi connectivity index (χ1) is 13.3. The first kappa shape index (κ1) is 19.7. The highest BCUT2D eigenvalue weighted by Crippen LogP contribution is 2.36. The number of nitro benzene ring substituents is 1. The van der Waals surface area contributed by atoms with Gasteiger partial charge in [-0.3, -0.25) is 14.9 Å². The van der Waals surface area contributed by atoms with Crippen molar-refractivity contribution >= 4 is 56.3 Å². The summed E-state index contributed by atoms with van der Waals surface area (Å²) in [5, 5.41) is 14.0. The van der Waals surface area contributed by atoms with Crippen LogP contribution in [0.2, 0.25) is 5.02 Å².